The monoisotopic (exact) mass is 444 g/mol. The molecule has 2 aromatic carbocycles. The highest BCUT2D eigenvalue weighted by atomic mass is 32.2. The molecule has 0 aliphatic carbocycles. The van der Waals surface area contributed by atoms with Crippen LogP contribution in [-0.2, 0) is 19.6 Å². The number of Topliss-reactive ketones (excluding diaryl/α,β-unsaturated/α-hetero) is 1. The molecule has 2 aromatic rings. The van der Waals surface area contributed by atoms with Gasteiger partial charge in [0.25, 0.3) is 11.8 Å². The van der Waals surface area contributed by atoms with E-state index in [0.29, 0.717) is 16.7 Å². The fraction of sp³-hybridized carbons (Fsp3) is 0.238. The van der Waals surface area contributed by atoms with Crippen LogP contribution in [0.4, 0.5) is 0 Å². The average Bonchev–Trinajstić information content (AvgIpc) is 3.00. The lowest BCUT2D eigenvalue weighted by molar-refractivity contribution is -0.142. The number of ketones is 1. The van der Waals surface area contributed by atoms with Gasteiger partial charge in [-0.05, 0) is 37.6 Å². The zero-order valence-corrected chi connectivity index (χ0v) is 17.5. The molecule has 0 saturated carbocycles. The summed E-state index contributed by atoms with van der Waals surface area (Å²) in [7, 11) is -3.95. The largest absolute Gasteiger partial charge is 0.465 e. The molecule has 31 heavy (non-hydrogen) atoms. The zero-order valence-electron chi connectivity index (χ0n) is 16.7. The van der Waals surface area contributed by atoms with Gasteiger partial charge in [-0.15, -0.1) is 0 Å². The third-order valence-corrected chi connectivity index (χ3v) is 6.06. The van der Waals surface area contributed by atoms with Crippen LogP contribution in [-0.4, -0.2) is 56.6 Å². The maximum absolute atomic E-state index is 12.2. The number of hydrogen-bond donors (Lipinski definition) is 1. The van der Waals surface area contributed by atoms with Gasteiger partial charge in [-0.2, -0.15) is 4.72 Å². The molecule has 0 aromatic heterocycles. The van der Waals surface area contributed by atoms with Gasteiger partial charge in [-0.3, -0.25) is 24.1 Å². The molecule has 0 saturated heterocycles. The maximum atomic E-state index is 12.2. The van der Waals surface area contributed by atoms with Crippen molar-refractivity contribution in [2.75, 3.05) is 19.7 Å². The number of carbonyl (C=O) groups excluding carboxylic acids is 4. The number of benzene rings is 2. The Labute approximate surface area is 179 Å². The Balaban J connectivity index is 1.43. The Morgan fingerprint density at radius 3 is 2.10 bits per heavy atom. The molecule has 0 fully saturated rings. The molecular formula is C21H20N2O7S. The Hall–Kier alpha value is -3.37. The predicted octanol–water partition coefficient (Wildman–Crippen LogP) is 1.40. The summed E-state index contributed by atoms with van der Waals surface area (Å²) in [5.74, 6) is -1.78. The number of nitrogens with zero attached hydrogens (tertiary/aromatic N) is 1. The van der Waals surface area contributed by atoms with Crippen LogP contribution >= 0.6 is 0 Å². The van der Waals surface area contributed by atoms with Crippen molar-refractivity contribution in [3.05, 3.63) is 65.2 Å². The molecule has 1 aliphatic rings. The molecule has 162 valence electrons. The van der Waals surface area contributed by atoms with Crippen molar-refractivity contribution in [2.45, 2.75) is 18.2 Å². The van der Waals surface area contributed by atoms with Gasteiger partial charge < -0.3 is 4.74 Å². The first-order valence-corrected chi connectivity index (χ1v) is 10.9. The van der Waals surface area contributed by atoms with E-state index in [-0.39, 0.29) is 30.3 Å². The van der Waals surface area contributed by atoms with Crippen LogP contribution in [0.1, 0.15) is 44.4 Å². The molecule has 3 rings (SSSR count). The molecule has 1 heterocycles. The lowest BCUT2D eigenvalue weighted by Crippen LogP contribution is -2.33. The number of carbonyl (C=O) groups is 4. The Kier molecular flexibility index (Phi) is 6.62. The van der Waals surface area contributed by atoms with E-state index in [1.807, 2.05) is 0 Å². The number of nitrogens with one attached hydrogen (secondary N) is 1. The first-order chi connectivity index (χ1) is 14.7. The second-order valence-corrected chi connectivity index (χ2v) is 8.55. The number of hydrogen-bond acceptors (Lipinski definition) is 7. The topological polar surface area (TPSA) is 127 Å². The van der Waals surface area contributed by atoms with E-state index in [1.54, 1.807) is 24.3 Å². The first-order valence-electron chi connectivity index (χ1n) is 9.42. The smallest absolute Gasteiger partial charge is 0.321 e. The van der Waals surface area contributed by atoms with Crippen molar-refractivity contribution in [2.24, 2.45) is 0 Å². The van der Waals surface area contributed by atoms with Crippen LogP contribution in [0.2, 0.25) is 0 Å². The van der Waals surface area contributed by atoms with Crippen LogP contribution in [0.3, 0.4) is 0 Å². The van der Waals surface area contributed by atoms with Gasteiger partial charge in [-0.25, -0.2) is 8.42 Å². The van der Waals surface area contributed by atoms with Gasteiger partial charge in [-0.1, -0.05) is 24.3 Å². The number of sulfonamides is 1. The Morgan fingerprint density at radius 1 is 0.968 bits per heavy atom. The number of amides is 2. The molecule has 2 amide bonds. The van der Waals surface area contributed by atoms with Crippen molar-refractivity contribution in [1.29, 1.82) is 0 Å². The molecule has 0 bridgehead atoms. The number of fused-ring (bicyclic) bond motifs is 1. The Morgan fingerprint density at radius 2 is 1.55 bits per heavy atom. The third kappa shape index (κ3) is 5.04. The van der Waals surface area contributed by atoms with E-state index in [1.165, 1.54) is 31.2 Å². The molecule has 0 unspecified atom stereocenters. The third-order valence-electron chi connectivity index (χ3n) is 4.64. The first kappa shape index (κ1) is 22.3. The minimum Gasteiger partial charge on any atom is -0.465 e. The van der Waals surface area contributed by atoms with Crippen molar-refractivity contribution in [3.63, 3.8) is 0 Å². The highest BCUT2D eigenvalue weighted by molar-refractivity contribution is 7.89. The van der Waals surface area contributed by atoms with Crippen molar-refractivity contribution < 1.29 is 32.3 Å². The summed E-state index contributed by atoms with van der Waals surface area (Å²) < 4.78 is 31.5. The lowest BCUT2D eigenvalue weighted by Gasteiger charge is -2.13. The van der Waals surface area contributed by atoms with Crippen molar-refractivity contribution >= 4 is 33.6 Å². The van der Waals surface area contributed by atoms with E-state index in [2.05, 4.69) is 4.72 Å². The van der Waals surface area contributed by atoms with Crippen LogP contribution in [0.15, 0.2) is 53.4 Å². The van der Waals surface area contributed by atoms with E-state index < -0.39 is 34.4 Å². The summed E-state index contributed by atoms with van der Waals surface area (Å²) in [5, 5.41) is 0. The predicted molar refractivity (Wildman–Crippen MR) is 109 cm³/mol. The quantitative estimate of drug-likeness (QED) is 0.268. The fourth-order valence-corrected chi connectivity index (χ4v) is 3.98. The fourth-order valence-electron chi connectivity index (χ4n) is 3.01. The zero-order chi connectivity index (χ0) is 22.6. The van der Waals surface area contributed by atoms with Gasteiger partial charge in [0.05, 0.1) is 22.6 Å². The molecule has 9 nitrogen and oxygen atoms in total. The maximum Gasteiger partial charge on any atom is 0.321 e. The van der Waals surface area contributed by atoms with E-state index in [4.69, 9.17) is 4.74 Å². The minimum absolute atomic E-state index is 0.0772. The van der Waals surface area contributed by atoms with Gasteiger partial charge in [0.1, 0.15) is 6.54 Å². The molecule has 0 radical (unpaired) electrons. The molecule has 10 heteroatoms. The number of rotatable bonds is 9. The highest BCUT2D eigenvalue weighted by Crippen LogP contribution is 2.22. The second-order valence-electron chi connectivity index (χ2n) is 6.79. The average molecular weight is 444 g/mol. The molecule has 0 spiro atoms. The molecule has 1 aliphatic heterocycles. The van der Waals surface area contributed by atoms with Crippen LogP contribution < -0.4 is 4.72 Å². The Bertz CT molecular complexity index is 1110. The number of ether oxygens (including phenoxy) is 1. The number of imide groups is 1. The summed E-state index contributed by atoms with van der Waals surface area (Å²) in [6.07, 6.45) is 0.219. The van der Waals surface area contributed by atoms with Gasteiger partial charge in [0.2, 0.25) is 10.0 Å². The molecular weight excluding hydrogens is 424 g/mol. The summed E-state index contributed by atoms with van der Waals surface area (Å²) in [4.78, 5) is 48.6. The standard InChI is InChI=1S/C21H20N2O7S/c1-14(24)15-7-9-16(10-8-15)31(28,29)22-13-19(25)30-12-4-11-23-20(26)17-5-2-3-6-18(17)21(23)27/h2-3,5-10,22H,4,11-13H2,1H3. The van der Waals surface area contributed by atoms with Crippen molar-refractivity contribution in [1.82, 2.24) is 9.62 Å². The summed E-state index contributed by atoms with van der Waals surface area (Å²) in [5.41, 5.74) is 1.06. The van der Waals surface area contributed by atoms with Crippen molar-refractivity contribution in [3.8, 4) is 0 Å². The lowest BCUT2D eigenvalue weighted by atomic mass is 10.1. The van der Waals surface area contributed by atoms with Gasteiger partial charge in [0, 0.05) is 12.1 Å². The van der Waals surface area contributed by atoms with Crippen LogP contribution in [0.5, 0.6) is 0 Å². The highest BCUT2D eigenvalue weighted by Gasteiger charge is 2.34. The van der Waals surface area contributed by atoms with Gasteiger partial charge >= 0.3 is 5.97 Å². The SMILES string of the molecule is CC(=O)c1ccc(S(=O)(=O)NCC(=O)OCCCN2C(=O)c3ccccc3C2=O)cc1. The summed E-state index contributed by atoms with van der Waals surface area (Å²) >= 11 is 0. The number of esters is 1. The van der Waals surface area contributed by atoms with E-state index >= 15 is 0 Å². The van der Waals surface area contributed by atoms with Crippen LogP contribution in [0, 0.1) is 0 Å². The van der Waals surface area contributed by atoms with Crippen LogP contribution in [0.25, 0.3) is 0 Å². The summed E-state index contributed by atoms with van der Waals surface area (Å²) in [6, 6.07) is 11.8. The minimum atomic E-state index is -3.95. The second kappa shape index (κ2) is 9.19. The normalized spacial score (nSPS) is 13.3. The van der Waals surface area contributed by atoms with E-state index in [9.17, 15) is 27.6 Å². The van der Waals surface area contributed by atoms with E-state index in [0.717, 1.165) is 4.90 Å². The summed E-state index contributed by atoms with van der Waals surface area (Å²) in [6.45, 7) is 0.783. The molecule has 0 atom stereocenters. The van der Waals surface area contributed by atoms with Gasteiger partial charge in [0.15, 0.2) is 5.78 Å². The molecule has 1 N–H and O–H groups in total.